The molecule has 1 aromatic heterocycles. The summed E-state index contributed by atoms with van der Waals surface area (Å²) in [6, 6.07) is 1.00. The van der Waals surface area contributed by atoms with Gasteiger partial charge in [0.25, 0.3) is 6.43 Å². The second-order valence-corrected chi connectivity index (χ2v) is 3.31. The molecule has 0 aliphatic rings. The highest BCUT2D eigenvalue weighted by molar-refractivity contribution is 5.72. The summed E-state index contributed by atoms with van der Waals surface area (Å²) in [4.78, 5) is 24.5. The van der Waals surface area contributed by atoms with Crippen LogP contribution in [0.15, 0.2) is 10.9 Å². The SMILES string of the molecule is COC(=O)Cc1[nH]c(=O)cc(CN)c1C(F)F. The Labute approximate surface area is 95.6 Å². The van der Waals surface area contributed by atoms with Crippen LogP contribution in [0.25, 0.3) is 0 Å². The molecule has 17 heavy (non-hydrogen) atoms. The maximum absolute atomic E-state index is 12.8. The number of H-pyrrole nitrogens is 1. The first-order valence-corrected chi connectivity index (χ1v) is 4.79. The van der Waals surface area contributed by atoms with Gasteiger partial charge in [-0.25, -0.2) is 8.78 Å². The molecule has 0 amide bonds. The van der Waals surface area contributed by atoms with E-state index in [2.05, 4.69) is 9.72 Å². The fourth-order valence-electron chi connectivity index (χ4n) is 1.48. The van der Waals surface area contributed by atoms with Crippen molar-refractivity contribution >= 4 is 5.97 Å². The van der Waals surface area contributed by atoms with E-state index in [1.54, 1.807) is 0 Å². The highest BCUT2D eigenvalue weighted by Crippen LogP contribution is 2.24. The van der Waals surface area contributed by atoms with Crippen LogP contribution in [0.3, 0.4) is 0 Å². The van der Waals surface area contributed by atoms with Gasteiger partial charge in [0.2, 0.25) is 5.56 Å². The lowest BCUT2D eigenvalue weighted by Gasteiger charge is -2.11. The number of nitrogens with two attached hydrogens (primary N) is 1. The van der Waals surface area contributed by atoms with E-state index >= 15 is 0 Å². The van der Waals surface area contributed by atoms with Crippen molar-refractivity contribution in [2.45, 2.75) is 19.4 Å². The lowest BCUT2D eigenvalue weighted by molar-refractivity contribution is -0.139. The van der Waals surface area contributed by atoms with Gasteiger partial charge in [-0.2, -0.15) is 0 Å². The minimum atomic E-state index is -2.81. The molecule has 7 heteroatoms. The predicted octanol–water partition coefficient (Wildman–Crippen LogP) is 0.487. The van der Waals surface area contributed by atoms with Crippen molar-refractivity contribution in [3.63, 3.8) is 0 Å². The number of pyridine rings is 1. The van der Waals surface area contributed by atoms with Gasteiger partial charge in [0.1, 0.15) is 0 Å². The largest absolute Gasteiger partial charge is 0.469 e. The summed E-state index contributed by atoms with van der Waals surface area (Å²) in [6.45, 7) is -0.197. The predicted molar refractivity (Wildman–Crippen MR) is 55.6 cm³/mol. The molecule has 0 radical (unpaired) electrons. The third-order valence-corrected chi connectivity index (χ3v) is 2.24. The number of carbonyl (C=O) groups is 1. The third-order valence-electron chi connectivity index (χ3n) is 2.24. The number of esters is 1. The number of hydrogen-bond acceptors (Lipinski definition) is 4. The number of aromatic nitrogens is 1. The van der Waals surface area contributed by atoms with Crippen LogP contribution in [-0.4, -0.2) is 18.1 Å². The Bertz CT molecular complexity index is 471. The van der Waals surface area contributed by atoms with Gasteiger partial charge in [0.15, 0.2) is 0 Å². The number of methoxy groups -OCH3 is 1. The Hall–Kier alpha value is -1.76. The molecule has 0 unspecified atom stereocenters. The summed E-state index contributed by atoms with van der Waals surface area (Å²) in [5.74, 6) is -0.711. The monoisotopic (exact) mass is 246 g/mol. The second kappa shape index (κ2) is 5.53. The Balaban J connectivity index is 3.30. The molecule has 0 bridgehead atoms. The zero-order valence-corrected chi connectivity index (χ0v) is 9.13. The molecule has 0 saturated heterocycles. The minimum absolute atomic E-state index is 0.0302. The van der Waals surface area contributed by atoms with Gasteiger partial charge in [-0.05, 0) is 5.56 Å². The van der Waals surface area contributed by atoms with Crippen LogP contribution in [0.4, 0.5) is 8.78 Å². The summed E-state index contributed by atoms with van der Waals surface area (Å²) < 4.78 is 30.0. The van der Waals surface area contributed by atoms with Crippen molar-refractivity contribution in [1.29, 1.82) is 0 Å². The molecule has 94 valence electrons. The number of halogens is 2. The number of aromatic amines is 1. The van der Waals surface area contributed by atoms with Gasteiger partial charge < -0.3 is 15.5 Å². The molecular formula is C10H12F2N2O3. The second-order valence-electron chi connectivity index (χ2n) is 3.31. The first-order chi connectivity index (χ1) is 7.99. The van der Waals surface area contributed by atoms with Gasteiger partial charge in [0.05, 0.1) is 13.5 Å². The number of carbonyl (C=O) groups excluding carboxylic acids is 1. The van der Waals surface area contributed by atoms with E-state index in [-0.39, 0.29) is 17.8 Å². The summed E-state index contributed by atoms with van der Waals surface area (Å²) in [5.41, 5.74) is 4.18. The minimum Gasteiger partial charge on any atom is -0.469 e. The third kappa shape index (κ3) is 3.10. The summed E-state index contributed by atoms with van der Waals surface area (Å²) >= 11 is 0. The fraction of sp³-hybridized carbons (Fsp3) is 0.400. The molecule has 1 aromatic rings. The molecule has 0 fully saturated rings. The molecule has 0 atom stereocenters. The summed E-state index contributed by atoms with van der Waals surface area (Å²) in [6.07, 6.45) is -3.23. The molecule has 0 spiro atoms. The van der Waals surface area contributed by atoms with E-state index in [4.69, 9.17) is 5.73 Å². The van der Waals surface area contributed by atoms with Crippen molar-refractivity contribution in [2.24, 2.45) is 5.73 Å². The lowest BCUT2D eigenvalue weighted by atomic mass is 10.0. The number of rotatable bonds is 4. The molecule has 0 aliphatic carbocycles. The van der Waals surface area contributed by atoms with E-state index in [9.17, 15) is 18.4 Å². The molecule has 0 aromatic carbocycles. The number of hydrogen-bond donors (Lipinski definition) is 2. The van der Waals surface area contributed by atoms with E-state index in [0.717, 1.165) is 13.2 Å². The van der Waals surface area contributed by atoms with Gasteiger partial charge in [-0.15, -0.1) is 0 Å². The van der Waals surface area contributed by atoms with E-state index in [1.807, 2.05) is 0 Å². The Morgan fingerprint density at radius 3 is 2.71 bits per heavy atom. The van der Waals surface area contributed by atoms with E-state index in [0.29, 0.717) is 0 Å². The molecule has 5 nitrogen and oxygen atoms in total. The average molecular weight is 246 g/mol. The van der Waals surface area contributed by atoms with Crippen LogP contribution in [0.1, 0.15) is 23.2 Å². The zero-order valence-electron chi connectivity index (χ0n) is 9.13. The standard InChI is InChI=1S/C10H12F2N2O3/c1-17-8(16)3-6-9(10(11)12)5(4-13)2-7(15)14-6/h2,10H,3-4,13H2,1H3,(H,14,15). The molecular weight excluding hydrogens is 234 g/mol. The number of nitrogens with one attached hydrogen (secondary N) is 1. The van der Waals surface area contributed by atoms with Crippen molar-refractivity contribution in [1.82, 2.24) is 4.98 Å². The maximum Gasteiger partial charge on any atom is 0.311 e. The molecule has 0 aliphatic heterocycles. The normalized spacial score (nSPS) is 10.6. The van der Waals surface area contributed by atoms with Gasteiger partial charge >= 0.3 is 5.97 Å². The van der Waals surface area contributed by atoms with Crippen LogP contribution in [0, 0.1) is 0 Å². The smallest absolute Gasteiger partial charge is 0.311 e. The van der Waals surface area contributed by atoms with Crippen LogP contribution < -0.4 is 11.3 Å². The van der Waals surface area contributed by atoms with Crippen molar-refractivity contribution in [3.8, 4) is 0 Å². The van der Waals surface area contributed by atoms with Crippen LogP contribution in [-0.2, 0) is 22.5 Å². The van der Waals surface area contributed by atoms with Gasteiger partial charge in [-0.1, -0.05) is 0 Å². The molecule has 1 rings (SSSR count). The Morgan fingerprint density at radius 1 is 1.59 bits per heavy atom. The fourth-order valence-corrected chi connectivity index (χ4v) is 1.48. The first kappa shape index (κ1) is 13.3. The van der Waals surface area contributed by atoms with Crippen molar-refractivity contribution in [2.75, 3.05) is 7.11 Å². The topological polar surface area (TPSA) is 85.2 Å². The first-order valence-electron chi connectivity index (χ1n) is 4.79. The number of alkyl halides is 2. The van der Waals surface area contributed by atoms with Gasteiger partial charge in [0, 0.05) is 23.9 Å². The number of ether oxygens (including phenoxy) is 1. The van der Waals surface area contributed by atoms with Crippen LogP contribution in [0.2, 0.25) is 0 Å². The van der Waals surface area contributed by atoms with Crippen molar-refractivity contribution < 1.29 is 18.3 Å². The van der Waals surface area contributed by atoms with Gasteiger partial charge in [-0.3, -0.25) is 9.59 Å². The van der Waals surface area contributed by atoms with E-state index in [1.165, 1.54) is 0 Å². The summed E-state index contributed by atoms with van der Waals surface area (Å²) in [7, 11) is 1.13. The average Bonchev–Trinajstić information content (AvgIpc) is 2.27. The molecule has 0 saturated carbocycles. The lowest BCUT2D eigenvalue weighted by Crippen LogP contribution is -2.19. The summed E-state index contributed by atoms with van der Waals surface area (Å²) in [5, 5.41) is 0. The van der Waals surface area contributed by atoms with Crippen LogP contribution in [0.5, 0.6) is 0 Å². The highest BCUT2D eigenvalue weighted by atomic mass is 19.3. The zero-order chi connectivity index (χ0) is 13.0. The van der Waals surface area contributed by atoms with Crippen LogP contribution >= 0.6 is 0 Å². The molecule has 1 heterocycles. The van der Waals surface area contributed by atoms with Crippen molar-refractivity contribution in [3.05, 3.63) is 33.2 Å². The Kier molecular flexibility index (Phi) is 4.33. The Morgan fingerprint density at radius 2 is 2.24 bits per heavy atom. The van der Waals surface area contributed by atoms with E-state index < -0.39 is 29.9 Å². The maximum atomic E-state index is 12.8. The quantitative estimate of drug-likeness (QED) is 0.757. The molecule has 3 N–H and O–H groups in total. The highest BCUT2D eigenvalue weighted by Gasteiger charge is 2.20.